The molecule has 0 aliphatic heterocycles. The van der Waals surface area contributed by atoms with E-state index in [1.807, 2.05) is 0 Å². The molecule has 104 valence electrons. The molecule has 0 radical (unpaired) electrons. The molecule has 1 aromatic carbocycles. The molecule has 4 N–H and O–H groups in total. The largest absolute Gasteiger partial charge is 0.386 e. The second kappa shape index (κ2) is 4.90. The predicted octanol–water partition coefficient (Wildman–Crippen LogP) is 1.13. The fraction of sp³-hybridized carbons (Fsp3) is 0.417. The van der Waals surface area contributed by atoms with Crippen molar-refractivity contribution in [2.45, 2.75) is 30.7 Å². The van der Waals surface area contributed by atoms with E-state index < -0.39 is 21.9 Å². The van der Waals surface area contributed by atoms with Crippen LogP contribution in [0.2, 0.25) is 0 Å². The Kier molecular flexibility index (Phi) is 3.60. The first-order valence-corrected chi connectivity index (χ1v) is 7.42. The number of halogens is 1. The maximum Gasteiger partial charge on any atom is 0.241 e. The lowest BCUT2D eigenvalue weighted by Gasteiger charge is -2.17. The molecule has 19 heavy (non-hydrogen) atoms. The zero-order chi connectivity index (χ0) is 14.2. The van der Waals surface area contributed by atoms with E-state index in [0.717, 1.165) is 18.9 Å². The van der Waals surface area contributed by atoms with Crippen LogP contribution in [0.25, 0.3) is 0 Å². The molecule has 0 spiro atoms. The highest BCUT2D eigenvalue weighted by Gasteiger charge is 2.36. The van der Waals surface area contributed by atoms with Crippen molar-refractivity contribution in [3.8, 4) is 0 Å². The van der Waals surface area contributed by atoms with Crippen LogP contribution in [0.1, 0.15) is 18.4 Å². The Morgan fingerprint density at radius 3 is 2.68 bits per heavy atom. The number of nitrogens with two attached hydrogens (primary N) is 1. The maximum absolute atomic E-state index is 13.2. The molecule has 1 aromatic rings. The van der Waals surface area contributed by atoms with Crippen LogP contribution in [0.4, 0.5) is 4.39 Å². The SMILES string of the molecule is Cc1ccc(F)cc1S(=O)(=O)NC(C(=N)N)C1CC1. The molecule has 1 aliphatic carbocycles. The van der Waals surface area contributed by atoms with Crippen LogP contribution in [0.15, 0.2) is 23.1 Å². The molecule has 5 nitrogen and oxygen atoms in total. The minimum Gasteiger partial charge on any atom is -0.386 e. The van der Waals surface area contributed by atoms with Gasteiger partial charge in [0.25, 0.3) is 0 Å². The Morgan fingerprint density at radius 1 is 1.53 bits per heavy atom. The van der Waals surface area contributed by atoms with Crippen molar-refractivity contribution in [1.29, 1.82) is 5.41 Å². The van der Waals surface area contributed by atoms with Crippen molar-refractivity contribution < 1.29 is 12.8 Å². The average molecular weight is 285 g/mol. The van der Waals surface area contributed by atoms with Gasteiger partial charge >= 0.3 is 0 Å². The van der Waals surface area contributed by atoms with Crippen LogP contribution in [0.3, 0.4) is 0 Å². The molecule has 7 heteroatoms. The molecular formula is C12H16FN3O2S. The van der Waals surface area contributed by atoms with Gasteiger partial charge in [0.15, 0.2) is 0 Å². The minimum atomic E-state index is -3.87. The number of rotatable bonds is 5. The van der Waals surface area contributed by atoms with Crippen LogP contribution < -0.4 is 10.5 Å². The summed E-state index contributed by atoms with van der Waals surface area (Å²) in [5, 5.41) is 7.44. The van der Waals surface area contributed by atoms with Gasteiger partial charge in [-0.2, -0.15) is 0 Å². The summed E-state index contributed by atoms with van der Waals surface area (Å²) in [6.45, 7) is 1.59. The van der Waals surface area contributed by atoms with Crippen molar-refractivity contribution in [2.75, 3.05) is 0 Å². The molecule has 2 rings (SSSR count). The summed E-state index contributed by atoms with van der Waals surface area (Å²) in [6.07, 6.45) is 1.68. The second-order valence-electron chi connectivity index (χ2n) is 4.80. The number of benzene rings is 1. The number of aryl methyl sites for hydroxylation is 1. The van der Waals surface area contributed by atoms with Crippen molar-refractivity contribution >= 4 is 15.9 Å². The van der Waals surface area contributed by atoms with Gasteiger partial charge < -0.3 is 5.73 Å². The van der Waals surface area contributed by atoms with E-state index in [4.69, 9.17) is 11.1 Å². The zero-order valence-electron chi connectivity index (χ0n) is 10.5. The van der Waals surface area contributed by atoms with Crippen molar-refractivity contribution in [3.63, 3.8) is 0 Å². The highest BCUT2D eigenvalue weighted by Crippen LogP contribution is 2.33. The van der Waals surface area contributed by atoms with Gasteiger partial charge in [-0.3, -0.25) is 5.41 Å². The summed E-state index contributed by atoms with van der Waals surface area (Å²) in [6, 6.07) is 2.89. The standard InChI is InChI=1S/C12H16FN3O2S/c1-7-2-5-9(13)6-10(7)19(17,18)16-11(12(14)15)8-3-4-8/h2,5-6,8,11,16H,3-4H2,1H3,(H3,14,15). The molecule has 0 saturated heterocycles. The molecule has 1 atom stereocenters. The first-order chi connectivity index (χ1) is 8.81. The summed E-state index contributed by atoms with van der Waals surface area (Å²) in [7, 11) is -3.87. The van der Waals surface area contributed by atoms with Gasteiger partial charge in [-0.25, -0.2) is 17.5 Å². The van der Waals surface area contributed by atoms with Gasteiger partial charge in [0.2, 0.25) is 10.0 Å². The normalized spacial score (nSPS) is 17.2. The first-order valence-electron chi connectivity index (χ1n) is 5.93. The Balaban J connectivity index is 2.31. The van der Waals surface area contributed by atoms with Crippen molar-refractivity contribution in [1.82, 2.24) is 4.72 Å². The smallest absolute Gasteiger partial charge is 0.241 e. The zero-order valence-corrected chi connectivity index (χ0v) is 11.3. The molecular weight excluding hydrogens is 269 g/mol. The Morgan fingerprint density at radius 2 is 2.16 bits per heavy atom. The van der Waals surface area contributed by atoms with Crippen molar-refractivity contribution in [2.24, 2.45) is 11.7 Å². The molecule has 0 amide bonds. The van der Waals surface area contributed by atoms with Gasteiger partial charge in [0, 0.05) is 0 Å². The van der Waals surface area contributed by atoms with E-state index in [2.05, 4.69) is 4.72 Å². The molecule has 1 fully saturated rings. The monoisotopic (exact) mass is 285 g/mol. The molecule has 1 unspecified atom stereocenters. The summed E-state index contributed by atoms with van der Waals surface area (Å²) in [5.41, 5.74) is 5.86. The fourth-order valence-corrected chi connectivity index (χ4v) is 3.48. The van der Waals surface area contributed by atoms with Gasteiger partial charge in [-0.1, -0.05) is 6.07 Å². The first kappa shape index (κ1) is 14.0. The summed E-state index contributed by atoms with van der Waals surface area (Å²) >= 11 is 0. The summed E-state index contributed by atoms with van der Waals surface area (Å²) < 4.78 is 40.0. The Hall–Kier alpha value is -1.47. The lowest BCUT2D eigenvalue weighted by atomic mass is 10.2. The van der Waals surface area contributed by atoms with Crippen LogP contribution in [0, 0.1) is 24.1 Å². The average Bonchev–Trinajstić information content (AvgIpc) is 3.13. The third kappa shape index (κ3) is 3.10. The summed E-state index contributed by atoms with van der Waals surface area (Å²) in [5.74, 6) is -0.752. The number of hydrogen-bond acceptors (Lipinski definition) is 3. The lowest BCUT2D eigenvalue weighted by molar-refractivity contribution is 0.559. The lowest BCUT2D eigenvalue weighted by Crippen LogP contribution is -2.45. The third-order valence-electron chi connectivity index (χ3n) is 3.15. The highest BCUT2D eigenvalue weighted by molar-refractivity contribution is 7.89. The molecule has 0 heterocycles. The Bertz CT molecular complexity index is 611. The van der Waals surface area contributed by atoms with Gasteiger partial charge in [-0.15, -0.1) is 0 Å². The summed E-state index contributed by atoms with van der Waals surface area (Å²) in [4.78, 5) is -0.112. The van der Waals surface area contributed by atoms with Crippen LogP contribution in [0.5, 0.6) is 0 Å². The van der Waals surface area contributed by atoms with Crippen LogP contribution >= 0.6 is 0 Å². The Labute approximate surface area is 111 Å². The third-order valence-corrected chi connectivity index (χ3v) is 4.73. The van der Waals surface area contributed by atoms with Crippen molar-refractivity contribution in [3.05, 3.63) is 29.6 Å². The van der Waals surface area contributed by atoms with E-state index >= 15 is 0 Å². The van der Waals surface area contributed by atoms with E-state index in [1.165, 1.54) is 12.1 Å². The topological polar surface area (TPSA) is 96.0 Å². The van der Waals surface area contributed by atoms with E-state index in [9.17, 15) is 12.8 Å². The number of amidine groups is 1. The highest BCUT2D eigenvalue weighted by atomic mass is 32.2. The quantitative estimate of drug-likeness (QED) is 0.559. The molecule has 1 aliphatic rings. The number of hydrogen-bond donors (Lipinski definition) is 3. The second-order valence-corrected chi connectivity index (χ2v) is 6.48. The van der Waals surface area contributed by atoms with E-state index in [0.29, 0.717) is 5.56 Å². The molecule has 0 aromatic heterocycles. The van der Waals surface area contributed by atoms with Gasteiger partial charge in [-0.05, 0) is 43.4 Å². The predicted molar refractivity (Wildman–Crippen MR) is 69.9 cm³/mol. The van der Waals surface area contributed by atoms with Gasteiger partial charge in [0.05, 0.1) is 10.9 Å². The number of sulfonamides is 1. The van der Waals surface area contributed by atoms with E-state index in [1.54, 1.807) is 6.92 Å². The number of nitrogens with one attached hydrogen (secondary N) is 2. The van der Waals surface area contributed by atoms with Crippen LogP contribution in [-0.2, 0) is 10.0 Å². The minimum absolute atomic E-state index is 0.0705. The van der Waals surface area contributed by atoms with Crippen LogP contribution in [-0.4, -0.2) is 20.3 Å². The molecule has 0 bridgehead atoms. The van der Waals surface area contributed by atoms with Gasteiger partial charge in [0.1, 0.15) is 11.7 Å². The fourth-order valence-electron chi connectivity index (χ4n) is 1.94. The maximum atomic E-state index is 13.2. The molecule has 1 saturated carbocycles. The van der Waals surface area contributed by atoms with E-state index in [-0.39, 0.29) is 16.6 Å².